The van der Waals surface area contributed by atoms with Crippen molar-refractivity contribution in [2.45, 2.75) is 39.3 Å². The summed E-state index contributed by atoms with van der Waals surface area (Å²) in [5.74, 6) is 0.206. The number of thiophene rings is 1. The van der Waals surface area contributed by atoms with Gasteiger partial charge in [0.2, 0.25) is 0 Å². The lowest BCUT2D eigenvalue weighted by molar-refractivity contribution is 0.0607. The number of piperazine rings is 1. The average Bonchev–Trinajstić information content (AvgIpc) is 2.80. The van der Waals surface area contributed by atoms with Gasteiger partial charge < -0.3 is 10.2 Å². The molecule has 2 unspecified atom stereocenters. The molecule has 1 aromatic rings. The van der Waals surface area contributed by atoms with E-state index in [1.54, 1.807) is 11.3 Å². The average molecular weight is 289 g/mol. The van der Waals surface area contributed by atoms with Crippen LogP contribution in [0.5, 0.6) is 0 Å². The summed E-state index contributed by atoms with van der Waals surface area (Å²) >= 11 is 1.57. The maximum Gasteiger partial charge on any atom is 0.264 e. The van der Waals surface area contributed by atoms with E-state index in [4.69, 9.17) is 0 Å². The molecule has 1 fully saturated rings. The van der Waals surface area contributed by atoms with Crippen LogP contribution >= 0.6 is 23.7 Å². The molecule has 0 saturated carbocycles. The minimum Gasteiger partial charge on any atom is -0.332 e. The van der Waals surface area contributed by atoms with Crippen LogP contribution in [0.25, 0.3) is 0 Å². The zero-order valence-electron chi connectivity index (χ0n) is 11.1. The molecule has 1 saturated heterocycles. The van der Waals surface area contributed by atoms with Crippen molar-refractivity contribution in [2.24, 2.45) is 0 Å². The van der Waals surface area contributed by atoms with E-state index in [2.05, 4.69) is 32.2 Å². The lowest BCUT2D eigenvalue weighted by Gasteiger charge is -2.38. The van der Waals surface area contributed by atoms with Crippen molar-refractivity contribution in [2.75, 3.05) is 13.1 Å². The second kappa shape index (κ2) is 6.55. The Morgan fingerprint density at radius 3 is 2.94 bits per heavy atom. The van der Waals surface area contributed by atoms with Crippen LogP contribution < -0.4 is 5.32 Å². The summed E-state index contributed by atoms with van der Waals surface area (Å²) in [5.41, 5.74) is 1.18. The number of aryl methyl sites for hydroxylation is 1. The maximum atomic E-state index is 12.5. The first-order valence-corrected chi connectivity index (χ1v) is 7.13. The Bertz CT molecular complexity index is 407. The Morgan fingerprint density at radius 2 is 2.28 bits per heavy atom. The third-order valence-corrected chi connectivity index (χ3v) is 4.56. The number of rotatable bonds is 2. The Kier molecular flexibility index (Phi) is 5.63. The molecule has 0 radical (unpaired) electrons. The van der Waals surface area contributed by atoms with Gasteiger partial charge in [0.15, 0.2) is 0 Å². The molecule has 0 aliphatic carbocycles. The minimum absolute atomic E-state index is 0. The highest BCUT2D eigenvalue weighted by Crippen LogP contribution is 2.22. The first-order chi connectivity index (χ1) is 8.15. The Hall–Kier alpha value is -0.580. The van der Waals surface area contributed by atoms with E-state index in [1.807, 2.05) is 10.3 Å². The summed E-state index contributed by atoms with van der Waals surface area (Å²) in [4.78, 5) is 15.4. The molecule has 1 aliphatic heterocycles. The second-order valence-electron chi connectivity index (χ2n) is 4.61. The van der Waals surface area contributed by atoms with Gasteiger partial charge >= 0.3 is 0 Å². The van der Waals surface area contributed by atoms with Crippen LogP contribution in [0.2, 0.25) is 0 Å². The van der Waals surface area contributed by atoms with Gasteiger partial charge in [-0.3, -0.25) is 4.79 Å². The van der Waals surface area contributed by atoms with Crippen LogP contribution in [-0.2, 0) is 6.42 Å². The lowest BCUT2D eigenvalue weighted by Crippen LogP contribution is -2.57. The lowest BCUT2D eigenvalue weighted by atomic mass is 10.1. The zero-order valence-corrected chi connectivity index (χ0v) is 12.7. The van der Waals surface area contributed by atoms with Crippen molar-refractivity contribution in [1.29, 1.82) is 0 Å². The molecule has 2 heterocycles. The Balaban J connectivity index is 0.00000162. The van der Waals surface area contributed by atoms with Crippen LogP contribution in [0, 0.1) is 0 Å². The first-order valence-electron chi connectivity index (χ1n) is 6.25. The van der Waals surface area contributed by atoms with Crippen molar-refractivity contribution < 1.29 is 4.79 Å². The number of carbonyl (C=O) groups excluding carboxylic acids is 1. The smallest absolute Gasteiger partial charge is 0.264 e. The van der Waals surface area contributed by atoms with Gasteiger partial charge in [0, 0.05) is 25.2 Å². The van der Waals surface area contributed by atoms with Gasteiger partial charge in [0.25, 0.3) is 5.91 Å². The summed E-state index contributed by atoms with van der Waals surface area (Å²) in [6.45, 7) is 8.06. The van der Waals surface area contributed by atoms with Crippen LogP contribution in [0.3, 0.4) is 0 Å². The number of nitrogens with zero attached hydrogens (tertiary/aromatic N) is 1. The highest BCUT2D eigenvalue weighted by molar-refractivity contribution is 7.12. The van der Waals surface area contributed by atoms with E-state index in [0.29, 0.717) is 6.04 Å². The molecular weight excluding hydrogens is 268 g/mol. The molecule has 0 spiro atoms. The van der Waals surface area contributed by atoms with Gasteiger partial charge in [-0.2, -0.15) is 0 Å². The zero-order chi connectivity index (χ0) is 12.4. The van der Waals surface area contributed by atoms with E-state index in [0.717, 1.165) is 24.4 Å². The van der Waals surface area contributed by atoms with Gasteiger partial charge in [-0.15, -0.1) is 23.7 Å². The van der Waals surface area contributed by atoms with Crippen LogP contribution in [0.4, 0.5) is 0 Å². The first kappa shape index (κ1) is 15.5. The summed E-state index contributed by atoms with van der Waals surface area (Å²) in [7, 11) is 0. The van der Waals surface area contributed by atoms with E-state index in [-0.39, 0.29) is 24.4 Å². The second-order valence-corrected chi connectivity index (χ2v) is 5.53. The van der Waals surface area contributed by atoms with E-state index < -0.39 is 0 Å². The predicted octanol–water partition coefficient (Wildman–Crippen LogP) is 2.55. The monoisotopic (exact) mass is 288 g/mol. The summed E-state index contributed by atoms with van der Waals surface area (Å²) < 4.78 is 0. The highest BCUT2D eigenvalue weighted by atomic mass is 35.5. The number of hydrogen-bond acceptors (Lipinski definition) is 3. The van der Waals surface area contributed by atoms with Crippen molar-refractivity contribution in [1.82, 2.24) is 10.2 Å². The Morgan fingerprint density at radius 1 is 1.56 bits per heavy atom. The number of amides is 1. The topological polar surface area (TPSA) is 32.3 Å². The summed E-state index contributed by atoms with van der Waals surface area (Å²) in [6.07, 6.45) is 0.931. The maximum absolute atomic E-state index is 12.5. The molecule has 102 valence electrons. The molecule has 18 heavy (non-hydrogen) atoms. The molecule has 5 heteroatoms. The molecule has 3 nitrogen and oxygen atoms in total. The SMILES string of the molecule is CCc1ccsc1C(=O)N1CCNC(C)C1C.Cl. The molecule has 1 aromatic heterocycles. The molecule has 0 bridgehead atoms. The number of hydrogen-bond donors (Lipinski definition) is 1. The quantitative estimate of drug-likeness (QED) is 0.907. The van der Waals surface area contributed by atoms with E-state index in [1.165, 1.54) is 5.56 Å². The Labute approximate surface area is 119 Å². The van der Waals surface area contributed by atoms with Gasteiger partial charge in [0.05, 0.1) is 4.88 Å². The number of carbonyl (C=O) groups is 1. The molecule has 0 aromatic carbocycles. The predicted molar refractivity (Wildman–Crippen MR) is 78.9 cm³/mol. The van der Waals surface area contributed by atoms with Crippen molar-refractivity contribution >= 4 is 29.7 Å². The standard InChI is InChI=1S/C13H20N2OS.ClH/c1-4-11-5-8-17-12(11)13(16)15-7-6-14-9(2)10(15)3;/h5,8-10,14H,4,6-7H2,1-3H3;1H. The normalized spacial score (nSPS) is 23.6. The number of nitrogens with one attached hydrogen (secondary N) is 1. The van der Waals surface area contributed by atoms with Gasteiger partial charge in [-0.25, -0.2) is 0 Å². The molecule has 1 aliphatic rings. The number of halogens is 1. The van der Waals surface area contributed by atoms with E-state index in [9.17, 15) is 4.79 Å². The van der Waals surface area contributed by atoms with Crippen molar-refractivity contribution in [3.8, 4) is 0 Å². The highest BCUT2D eigenvalue weighted by Gasteiger charge is 2.29. The van der Waals surface area contributed by atoms with Gasteiger partial charge in [-0.05, 0) is 37.3 Å². The molecule has 2 rings (SSSR count). The van der Waals surface area contributed by atoms with Crippen LogP contribution in [0.1, 0.15) is 36.0 Å². The van der Waals surface area contributed by atoms with Crippen LogP contribution in [0.15, 0.2) is 11.4 Å². The minimum atomic E-state index is 0. The summed E-state index contributed by atoms with van der Waals surface area (Å²) in [5, 5.41) is 5.42. The molecule has 2 atom stereocenters. The third-order valence-electron chi connectivity index (χ3n) is 3.62. The van der Waals surface area contributed by atoms with Crippen LogP contribution in [-0.4, -0.2) is 36.0 Å². The fraction of sp³-hybridized carbons (Fsp3) is 0.615. The van der Waals surface area contributed by atoms with Crippen molar-refractivity contribution in [3.05, 3.63) is 21.9 Å². The summed E-state index contributed by atoms with van der Waals surface area (Å²) in [6, 6.07) is 2.70. The largest absolute Gasteiger partial charge is 0.332 e. The molecule has 1 amide bonds. The van der Waals surface area contributed by atoms with Gasteiger partial charge in [-0.1, -0.05) is 6.92 Å². The van der Waals surface area contributed by atoms with E-state index >= 15 is 0 Å². The fourth-order valence-electron chi connectivity index (χ4n) is 2.28. The molecule has 1 N–H and O–H groups in total. The van der Waals surface area contributed by atoms with Crippen molar-refractivity contribution in [3.63, 3.8) is 0 Å². The molecular formula is C13H21ClN2OS. The third kappa shape index (κ3) is 2.87. The fourth-order valence-corrected chi connectivity index (χ4v) is 3.23. The van der Waals surface area contributed by atoms with Gasteiger partial charge in [0.1, 0.15) is 0 Å².